The van der Waals surface area contributed by atoms with E-state index in [-0.39, 0.29) is 16.7 Å². The molecule has 0 radical (unpaired) electrons. The van der Waals surface area contributed by atoms with Crippen LogP contribution in [-0.4, -0.2) is 26.0 Å². The predicted molar refractivity (Wildman–Crippen MR) is 100 cm³/mol. The van der Waals surface area contributed by atoms with Gasteiger partial charge in [0, 0.05) is 10.9 Å². The Morgan fingerprint density at radius 2 is 1.84 bits per heavy atom. The minimum absolute atomic E-state index is 0.00362. The fourth-order valence-corrected chi connectivity index (χ4v) is 3.67. The van der Waals surface area contributed by atoms with Gasteiger partial charge in [-0.15, -0.1) is 0 Å². The summed E-state index contributed by atoms with van der Waals surface area (Å²) in [5.41, 5.74) is 2.54. The zero-order valence-corrected chi connectivity index (χ0v) is 14.3. The number of rotatable bonds is 4. The van der Waals surface area contributed by atoms with Crippen LogP contribution in [0.2, 0.25) is 0 Å². The number of benzene rings is 2. The highest BCUT2D eigenvalue weighted by atomic mass is 32.2. The van der Waals surface area contributed by atoms with Crippen LogP contribution in [-0.2, 0) is 0 Å². The van der Waals surface area contributed by atoms with E-state index in [0.717, 1.165) is 15.9 Å². The molecule has 0 saturated carbocycles. The number of H-pyrrole nitrogens is 2. The van der Waals surface area contributed by atoms with Crippen LogP contribution >= 0.6 is 11.8 Å². The standard InChI is InChI=1S/C19H15N3O2S/c1-11(25-17-9-7-12-4-2-3-5-14(12)20-17)18(23)13-6-8-15-16(10-13)22-19(24)21-15/h2-11H,1H3,(H2,21,22,24)/t11-/m1/s1. The third kappa shape index (κ3) is 3.08. The van der Waals surface area contributed by atoms with E-state index in [1.165, 1.54) is 11.8 Å². The molecule has 0 spiro atoms. The quantitative estimate of drug-likeness (QED) is 0.434. The van der Waals surface area contributed by atoms with Crippen LogP contribution in [0.4, 0.5) is 0 Å². The lowest BCUT2D eigenvalue weighted by atomic mass is 10.1. The molecular formula is C19H15N3O2S. The second-order valence-corrected chi connectivity index (χ2v) is 7.17. The monoisotopic (exact) mass is 349 g/mol. The highest BCUT2D eigenvalue weighted by Crippen LogP contribution is 2.26. The second kappa shape index (κ2) is 6.22. The molecule has 4 aromatic rings. The molecule has 2 heterocycles. The van der Waals surface area contributed by atoms with Gasteiger partial charge in [0.05, 0.1) is 26.8 Å². The molecule has 124 valence electrons. The highest BCUT2D eigenvalue weighted by Gasteiger charge is 2.18. The molecule has 2 aromatic carbocycles. The fourth-order valence-electron chi connectivity index (χ4n) is 2.77. The van der Waals surface area contributed by atoms with Crippen molar-refractivity contribution in [2.45, 2.75) is 17.2 Å². The predicted octanol–water partition coefficient (Wildman–Crippen LogP) is 3.77. The molecule has 2 aromatic heterocycles. The van der Waals surface area contributed by atoms with E-state index in [1.54, 1.807) is 18.2 Å². The molecule has 0 aliphatic rings. The minimum atomic E-state index is -0.281. The van der Waals surface area contributed by atoms with Crippen molar-refractivity contribution in [3.05, 3.63) is 70.6 Å². The maximum Gasteiger partial charge on any atom is 0.323 e. The van der Waals surface area contributed by atoms with Crippen LogP contribution in [0.5, 0.6) is 0 Å². The van der Waals surface area contributed by atoms with Gasteiger partial charge in [-0.25, -0.2) is 9.78 Å². The van der Waals surface area contributed by atoms with E-state index in [9.17, 15) is 9.59 Å². The number of Topliss-reactive ketones (excluding diaryl/α,β-unsaturated/α-hetero) is 1. The van der Waals surface area contributed by atoms with Crippen LogP contribution in [0.25, 0.3) is 21.9 Å². The first-order valence-corrected chi connectivity index (χ1v) is 8.77. The average Bonchev–Trinajstić information content (AvgIpc) is 3.00. The molecule has 0 saturated heterocycles. The molecule has 0 aliphatic carbocycles. The Balaban J connectivity index is 1.58. The number of carbonyl (C=O) groups is 1. The van der Waals surface area contributed by atoms with Crippen LogP contribution in [0, 0.1) is 0 Å². The molecular weight excluding hydrogens is 334 g/mol. The van der Waals surface area contributed by atoms with Crippen molar-refractivity contribution < 1.29 is 4.79 Å². The lowest BCUT2D eigenvalue weighted by molar-refractivity contribution is 0.0994. The number of aromatic amines is 2. The van der Waals surface area contributed by atoms with Gasteiger partial charge in [-0.1, -0.05) is 36.0 Å². The largest absolute Gasteiger partial charge is 0.323 e. The van der Waals surface area contributed by atoms with Crippen molar-refractivity contribution in [3.8, 4) is 0 Å². The van der Waals surface area contributed by atoms with Gasteiger partial charge in [-0.2, -0.15) is 0 Å². The summed E-state index contributed by atoms with van der Waals surface area (Å²) in [6.07, 6.45) is 0. The topological polar surface area (TPSA) is 78.6 Å². The Morgan fingerprint density at radius 3 is 2.72 bits per heavy atom. The number of hydrogen-bond donors (Lipinski definition) is 2. The number of nitrogens with zero attached hydrogens (tertiary/aromatic N) is 1. The number of thioether (sulfide) groups is 1. The lowest BCUT2D eigenvalue weighted by Gasteiger charge is -2.10. The summed E-state index contributed by atoms with van der Waals surface area (Å²) in [6.45, 7) is 1.87. The van der Waals surface area contributed by atoms with Crippen molar-refractivity contribution in [2.75, 3.05) is 0 Å². The Kier molecular flexibility index (Phi) is 3.89. The lowest BCUT2D eigenvalue weighted by Crippen LogP contribution is -2.13. The van der Waals surface area contributed by atoms with E-state index in [1.807, 2.05) is 43.3 Å². The fraction of sp³-hybridized carbons (Fsp3) is 0.105. The molecule has 6 heteroatoms. The van der Waals surface area contributed by atoms with Gasteiger partial charge in [0.1, 0.15) is 0 Å². The van der Waals surface area contributed by atoms with Gasteiger partial charge >= 0.3 is 5.69 Å². The minimum Gasteiger partial charge on any atom is -0.306 e. The maximum atomic E-state index is 12.7. The van der Waals surface area contributed by atoms with E-state index in [2.05, 4.69) is 15.0 Å². The summed E-state index contributed by atoms with van der Waals surface area (Å²) in [4.78, 5) is 34.0. The zero-order valence-electron chi connectivity index (χ0n) is 13.4. The number of nitrogens with one attached hydrogen (secondary N) is 2. The maximum absolute atomic E-state index is 12.7. The van der Waals surface area contributed by atoms with Gasteiger partial charge in [-0.3, -0.25) is 4.79 Å². The van der Waals surface area contributed by atoms with Gasteiger partial charge < -0.3 is 9.97 Å². The molecule has 0 unspecified atom stereocenters. The number of ketones is 1. The Morgan fingerprint density at radius 1 is 1.04 bits per heavy atom. The first kappa shape index (κ1) is 15.7. The Hall–Kier alpha value is -2.86. The summed E-state index contributed by atoms with van der Waals surface area (Å²) in [6, 6.07) is 17.0. The second-order valence-electron chi connectivity index (χ2n) is 5.81. The third-order valence-corrected chi connectivity index (χ3v) is 5.08. The van der Waals surface area contributed by atoms with Crippen LogP contribution in [0.15, 0.2) is 64.4 Å². The number of para-hydroxylation sites is 1. The van der Waals surface area contributed by atoms with Crippen LogP contribution in [0.3, 0.4) is 0 Å². The molecule has 0 aliphatic heterocycles. The molecule has 5 nitrogen and oxygen atoms in total. The molecule has 0 fully saturated rings. The first-order valence-electron chi connectivity index (χ1n) is 7.89. The number of pyridine rings is 1. The third-order valence-electron chi connectivity index (χ3n) is 4.04. The molecule has 0 bridgehead atoms. The number of fused-ring (bicyclic) bond motifs is 2. The molecule has 4 rings (SSSR count). The molecule has 0 amide bonds. The molecule has 2 N–H and O–H groups in total. The number of hydrogen-bond acceptors (Lipinski definition) is 4. The van der Waals surface area contributed by atoms with E-state index < -0.39 is 0 Å². The van der Waals surface area contributed by atoms with Crippen LogP contribution < -0.4 is 5.69 Å². The van der Waals surface area contributed by atoms with Crippen molar-refractivity contribution in [3.63, 3.8) is 0 Å². The Labute approximate surface area is 147 Å². The Bertz CT molecular complexity index is 1150. The number of carbonyl (C=O) groups excluding carboxylic acids is 1. The van der Waals surface area contributed by atoms with Gasteiger partial charge in [0.25, 0.3) is 0 Å². The van der Waals surface area contributed by atoms with E-state index in [0.29, 0.717) is 16.6 Å². The zero-order chi connectivity index (χ0) is 17.4. The normalized spacial score (nSPS) is 12.5. The average molecular weight is 349 g/mol. The van der Waals surface area contributed by atoms with Crippen LogP contribution in [0.1, 0.15) is 17.3 Å². The highest BCUT2D eigenvalue weighted by molar-refractivity contribution is 8.00. The molecule has 1 atom stereocenters. The van der Waals surface area contributed by atoms with E-state index in [4.69, 9.17) is 0 Å². The summed E-state index contributed by atoms with van der Waals surface area (Å²) in [5.74, 6) is 0.00362. The first-order chi connectivity index (χ1) is 12.1. The SMILES string of the molecule is C[C@@H](Sc1ccc2ccccc2n1)C(=O)c1ccc2[nH]c(=O)[nH]c2c1. The summed E-state index contributed by atoms with van der Waals surface area (Å²) in [7, 11) is 0. The van der Waals surface area contributed by atoms with Gasteiger partial charge in [0.15, 0.2) is 5.78 Å². The number of imidazole rings is 1. The van der Waals surface area contributed by atoms with Gasteiger partial charge in [0.2, 0.25) is 0 Å². The van der Waals surface area contributed by atoms with Crippen molar-refractivity contribution in [1.29, 1.82) is 0 Å². The van der Waals surface area contributed by atoms with E-state index >= 15 is 0 Å². The summed E-state index contributed by atoms with van der Waals surface area (Å²) < 4.78 is 0. The summed E-state index contributed by atoms with van der Waals surface area (Å²) in [5, 5.41) is 1.61. The molecule has 25 heavy (non-hydrogen) atoms. The smallest absolute Gasteiger partial charge is 0.306 e. The van der Waals surface area contributed by atoms with Gasteiger partial charge in [-0.05, 0) is 37.3 Å². The summed E-state index contributed by atoms with van der Waals surface area (Å²) >= 11 is 1.43. The number of aromatic nitrogens is 3. The van der Waals surface area contributed by atoms with Crippen molar-refractivity contribution in [1.82, 2.24) is 15.0 Å². The van der Waals surface area contributed by atoms with Crippen molar-refractivity contribution in [2.24, 2.45) is 0 Å². The van der Waals surface area contributed by atoms with Crippen molar-refractivity contribution >= 4 is 39.5 Å².